The van der Waals surface area contributed by atoms with Gasteiger partial charge < -0.3 is 5.11 Å². The molecule has 5 nitrogen and oxygen atoms in total. The summed E-state index contributed by atoms with van der Waals surface area (Å²) in [4.78, 5) is 11.0. The monoisotopic (exact) mass is 299 g/mol. The van der Waals surface area contributed by atoms with E-state index < -0.39 is 16.0 Å². The van der Waals surface area contributed by atoms with Gasteiger partial charge in [0.05, 0.1) is 4.90 Å². The Labute approximate surface area is 120 Å². The summed E-state index contributed by atoms with van der Waals surface area (Å²) in [6.07, 6.45) is 0.638. The number of hydrogen-bond donors (Lipinski definition) is 2. The summed E-state index contributed by atoms with van der Waals surface area (Å²) in [6.45, 7) is 4.11. The maximum absolute atomic E-state index is 12.0. The van der Waals surface area contributed by atoms with Gasteiger partial charge >= 0.3 is 5.97 Å². The first-order chi connectivity index (χ1) is 9.31. The summed E-state index contributed by atoms with van der Waals surface area (Å²) < 4.78 is 26.6. The lowest BCUT2D eigenvalue weighted by molar-refractivity contribution is -0.138. The SMILES string of the molecule is CC(C)CC(CNS(=O)(=O)c1ccccc1)CC(=O)O. The Morgan fingerprint density at radius 3 is 2.35 bits per heavy atom. The second-order valence-electron chi connectivity index (χ2n) is 5.26. The van der Waals surface area contributed by atoms with Crippen LogP contribution in [0.3, 0.4) is 0 Å². The van der Waals surface area contributed by atoms with Gasteiger partial charge in [0.1, 0.15) is 0 Å². The van der Waals surface area contributed by atoms with Crippen molar-refractivity contribution in [2.75, 3.05) is 6.54 Å². The first-order valence-electron chi connectivity index (χ1n) is 6.57. The highest BCUT2D eigenvalue weighted by Crippen LogP contribution is 2.16. The Bertz CT molecular complexity index is 525. The smallest absolute Gasteiger partial charge is 0.303 e. The minimum Gasteiger partial charge on any atom is -0.481 e. The topological polar surface area (TPSA) is 83.5 Å². The molecule has 0 fully saturated rings. The van der Waals surface area contributed by atoms with E-state index in [2.05, 4.69) is 4.72 Å². The molecule has 1 atom stereocenters. The van der Waals surface area contributed by atoms with Gasteiger partial charge in [-0.3, -0.25) is 4.79 Å². The van der Waals surface area contributed by atoms with E-state index in [1.54, 1.807) is 18.2 Å². The number of hydrogen-bond acceptors (Lipinski definition) is 3. The van der Waals surface area contributed by atoms with Gasteiger partial charge in [-0.25, -0.2) is 13.1 Å². The molecule has 20 heavy (non-hydrogen) atoms. The Kier molecular flexibility index (Phi) is 6.16. The van der Waals surface area contributed by atoms with Crippen molar-refractivity contribution >= 4 is 16.0 Å². The van der Waals surface area contributed by atoms with Crippen molar-refractivity contribution in [2.24, 2.45) is 11.8 Å². The third-order valence-corrected chi connectivity index (χ3v) is 4.32. The lowest BCUT2D eigenvalue weighted by Gasteiger charge is -2.17. The van der Waals surface area contributed by atoms with E-state index >= 15 is 0 Å². The Morgan fingerprint density at radius 1 is 1.25 bits per heavy atom. The van der Waals surface area contributed by atoms with Gasteiger partial charge in [-0.2, -0.15) is 0 Å². The van der Waals surface area contributed by atoms with Crippen molar-refractivity contribution in [1.29, 1.82) is 0 Å². The normalized spacial score (nSPS) is 13.3. The molecule has 0 aromatic heterocycles. The largest absolute Gasteiger partial charge is 0.481 e. The second kappa shape index (κ2) is 7.40. The molecule has 0 bridgehead atoms. The summed E-state index contributed by atoms with van der Waals surface area (Å²) in [6, 6.07) is 8.06. The van der Waals surface area contributed by atoms with Crippen LogP contribution in [0.4, 0.5) is 0 Å². The van der Waals surface area contributed by atoms with Gasteiger partial charge in [0, 0.05) is 13.0 Å². The van der Waals surface area contributed by atoms with Crippen molar-refractivity contribution in [3.63, 3.8) is 0 Å². The molecule has 0 amide bonds. The van der Waals surface area contributed by atoms with E-state index in [9.17, 15) is 13.2 Å². The molecule has 2 N–H and O–H groups in total. The van der Waals surface area contributed by atoms with E-state index in [0.717, 1.165) is 0 Å². The average Bonchev–Trinajstić information content (AvgIpc) is 2.36. The van der Waals surface area contributed by atoms with Crippen LogP contribution in [-0.2, 0) is 14.8 Å². The van der Waals surface area contributed by atoms with Gasteiger partial charge in [0.2, 0.25) is 10.0 Å². The quantitative estimate of drug-likeness (QED) is 0.770. The Morgan fingerprint density at radius 2 is 1.85 bits per heavy atom. The molecule has 0 aliphatic carbocycles. The summed E-state index contributed by atoms with van der Waals surface area (Å²) in [5.74, 6) is -0.791. The van der Waals surface area contributed by atoms with E-state index in [1.807, 2.05) is 13.8 Å². The van der Waals surface area contributed by atoms with Crippen LogP contribution in [0, 0.1) is 11.8 Å². The highest BCUT2D eigenvalue weighted by atomic mass is 32.2. The number of carboxylic acid groups (broad SMARTS) is 1. The molecule has 0 spiro atoms. The molecule has 1 rings (SSSR count). The third kappa shape index (κ3) is 5.71. The molecule has 0 saturated carbocycles. The van der Waals surface area contributed by atoms with Gasteiger partial charge in [-0.15, -0.1) is 0 Å². The number of aliphatic carboxylic acids is 1. The minimum absolute atomic E-state index is 0.0323. The zero-order valence-corrected chi connectivity index (χ0v) is 12.6. The van der Waals surface area contributed by atoms with Crippen LogP contribution >= 0.6 is 0 Å². The molecule has 1 aromatic rings. The molecular weight excluding hydrogens is 278 g/mol. The standard InChI is InChI=1S/C14H21NO4S/c1-11(2)8-12(9-14(16)17)10-15-20(18,19)13-6-4-3-5-7-13/h3-7,11-12,15H,8-10H2,1-2H3,(H,16,17). The lowest BCUT2D eigenvalue weighted by Crippen LogP contribution is -2.31. The molecule has 0 radical (unpaired) electrons. The van der Waals surface area contributed by atoms with Gasteiger partial charge in [0.25, 0.3) is 0 Å². The fraction of sp³-hybridized carbons (Fsp3) is 0.500. The first-order valence-corrected chi connectivity index (χ1v) is 8.06. The highest BCUT2D eigenvalue weighted by Gasteiger charge is 2.19. The molecule has 0 heterocycles. The van der Waals surface area contributed by atoms with Crippen LogP contribution in [-0.4, -0.2) is 26.0 Å². The zero-order valence-electron chi connectivity index (χ0n) is 11.7. The summed E-state index contributed by atoms with van der Waals surface area (Å²) in [5.41, 5.74) is 0. The van der Waals surface area contributed by atoms with Crippen LogP contribution in [0.5, 0.6) is 0 Å². The average molecular weight is 299 g/mol. The number of nitrogens with one attached hydrogen (secondary N) is 1. The first kappa shape index (κ1) is 16.7. The predicted molar refractivity (Wildman–Crippen MR) is 76.8 cm³/mol. The van der Waals surface area contributed by atoms with E-state index in [0.29, 0.717) is 12.3 Å². The maximum Gasteiger partial charge on any atom is 0.303 e. The number of carboxylic acids is 1. The molecule has 0 aliphatic heterocycles. The number of benzene rings is 1. The van der Waals surface area contributed by atoms with Crippen LogP contribution < -0.4 is 4.72 Å². The minimum atomic E-state index is -3.57. The number of carbonyl (C=O) groups is 1. The van der Waals surface area contributed by atoms with Gasteiger partial charge in [-0.1, -0.05) is 32.0 Å². The number of sulfonamides is 1. The molecule has 1 aromatic carbocycles. The number of rotatable bonds is 8. The highest BCUT2D eigenvalue weighted by molar-refractivity contribution is 7.89. The van der Waals surface area contributed by atoms with Crippen LogP contribution in [0.25, 0.3) is 0 Å². The molecule has 0 aliphatic rings. The van der Waals surface area contributed by atoms with Crippen molar-refractivity contribution in [3.8, 4) is 0 Å². The third-order valence-electron chi connectivity index (χ3n) is 2.88. The molecule has 6 heteroatoms. The molecule has 0 saturated heterocycles. The predicted octanol–water partition coefficient (Wildman–Crippen LogP) is 2.10. The van der Waals surface area contributed by atoms with E-state index in [-0.39, 0.29) is 23.8 Å². The van der Waals surface area contributed by atoms with Crippen molar-refractivity contribution in [3.05, 3.63) is 30.3 Å². The summed E-state index contributed by atoms with van der Waals surface area (Å²) in [5, 5.41) is 8.87. The maximum atomic E-state index is 12.0. The van der Waals surface area contributed by atoms with E-state index in [4.69, 9.17) is 5.11 Å². The fourth-order valence-electron chi connectivity index (χ4n) is 2.06. The van der Waals surface area contributed by atoms with E-state index in [1.165, 1.54) is 12.1 Å². The fourth-order valence-corrected chi connectivity index (χ4v) is 3.20. The Hall–Kier alpha value is -1.40. The van der Waals surface area contributed by atoms with Gasteiger partial charge in [-0.05, 0) is 30.4 Å². The van der Waals surface area contributed by atoms with Gasteiger partial charge in [0.15, 0.2) is 0 Å². The molecule has 1 unspecified atom stereocenters. The van der Waals surface area contributed by atoms with Crippen LogP contribution in [0.1, 0.15) is 26.7 Å². The Balaban J connectivity index is 2.69. The lowest BCUT2D eigenvalue weighted by atomic mass is 9.94. The summed E-state index contributed by atoms with van der Waals surface area (Å²) in [7, 11) is -3.57. The van der Waals surface area contributed by atoms with Crippen molar-refractivity contribution in [1.82, 2.24) is 4.72 Å². The summed E-state index contributed by atoms with van der Waals surface area (Å²) >= 11 is 0. The molecular formula is C14H21NO4S. The van der Waals surface area contributed by atoms with Crippen molar-refractivity contribution < 1.29 is 18.3 Å². The molecule has 112 valence electrons. The zero-order chi connectivity index (χ0) is 15.2. The van der Waals surface area contributed by atoms with Crippen molar-refractivity contribution in [2.45, 2.75) is 31.6 Å². The van der Waals surface area contributed by atoms with Crippen LogP contribution in [0.2, 0.25) is 0 Å². The second-order valence-corrected chi connectivity index (χ2v) is 7.03. The van der Waals surface area contributed by atoms with Crippen LogP contribution in [0.15, 0.2) is 35.2 Å².